The van der Waals surface area contributed by atoms with Crippen LogP contribution >= 0.6 is 0 Å². The number of aromatic nitrogens is 1. The number of benzene rings is 4. The normalized spacial score (nSPS) is 14.5. The van der Waals surface area contributed by atoms with Crippen molar-refractivity contribution >= 4 is 41.1 Å². The van der Waals surface area contributed by atoms with Crippen LogP contribution < -0.4 is 30.9 Å². The van der Waals surface area contributed by atoms with Gasteiger partial charge >= 0.3 is 0 Å². The first-order chi connectivity index (χ1) is 29.7. The summed E-state index contributed by atoms with van der Waals surface area (Å²) in [6.45, 7) is -0.222. The third-order valence-electron chi connectivity index (χ3n) is 10.0. The number of carbonyl (C=O) groups excluding carboxylic acids is 6. The van der Waals surface area contributed by atoms with Crippen molar-refractivity contribution in [2.75, 3.05) is 24.6 Å². The molecule has 1 aliphatic heterocycles. The minimum Gasteiger partial charge on any atom is -0.484 e. The molecule has 7 rings (SSSR count). The van der Waals surface area contributed by atoms with Crippen molar-refractivity contribution in [3.8, 4) is 16.9 Å². The maximum absolute atomic E-state index is 14.7. The van der Waals surface area contributed by atoms with Crippen LogP contribution in [0, 0.1) is 0 Å². The predicted octanol–water partition coefficient (Wildman–Crippen LogP) is 5.42. The van der Waals surface area contributed by atoms with Gasteiger partial charge in [0.05, 0.1) is 12.2 Å². The lowest BCUT2D eigenvalue weighted by Crippen LogP contribution is -2.48. The number of rotatable bonds is 16. The van der Waals surface area contributed by atoms with Crippen LogP contribution in [0.5, 0.6) is 5.75 Å². The molecule has 1 aliphatic rings. The zero-order valence-corrected chi connectivity index (χ0v) is 32.9. The van der Waals surface area contributed by atoms with E-state index in [1.54, 1.807) is 91.1 Å². The van der Waals surface area contributed by atoms with E-state index in [0.29, 0.717) is 29.0 Å². The molecule has 0 bridgehead atoms. The Hall–Kier alpha value is -7.87. The van der Waals surface area contributed by atoms with Gasteiger partial charge in [0, 0.05) is 43.2 Å². The van der Waals surface area contributed by atoms with Gasteiger partial charge in [0.15, 0.2) is 12.4 Å². The first-order valence-corrected chi connectivity index (χ1v) is 19.6. The molecular formula is C47H42N6O8. The Kier molecular flexibility index (Phi) is 13.4. The standard InChI is InChI=1S/C47H42N6O8/c54-40-24-23-38(44(56)51-40)33-17-21-37(22-18-33)61-30-41(55)49-26-27-50-45(57)42(34-11-5-2-6-12-34)52-46(58)43(35-13-7-25-48-29-35)53(47(59)39-14-8-28-60-39)36-19-15-32(16-20-36)31-9-3-1-4-10-31/h1-22,25,28-29,38,42-43H,23-24,26-27,30H2,(H,49,55)(H,50,57)(H,52,58)(H,51,54,56)/t38?,42-,43-/m1/s1. The van der Waals surface area contributed by atoms with Gasteiger partial charge in [-0.2, -0.15) is 0 Å². The molecule has 4 N–H and O–H groups in total. The number of hydrogen-bond acceptors (Lipinski definition) is 9. The van der Waals surface area contributed by atoms with Gasteiger partial charge in [0.1, 0.15) is 17.8 Å². The number of imide groups is 1. The molecule has 6 amide bonds. The van der Waals surface area contributed by atoms with Gasteiger partial charge in [-0.3, -0.25) is 44.0 Å². The average Bonchev–Trinajstić information content (AvgIpc) is 3.85. The molecule has 6 aromatic rings. The summed E-state index contributed by atoms with van der Waals surface area (Å²) in [5.74, 6) is -2.89. The fourth-order valence-electron chi connectivity index (χ4n) is 6.97. The Morgan fingerprint density at radius 1 is 0.754 bits per heavy atom. The van der Waals surface area contributed by atoms with Gasteiger partial charge in [-0.1, -0.05) is 91.0 Å². The number of furan rings is 1. The predicted molar refractivity (Wildman–Crippen MR) is 225 cm³/mol. The van der Waals surface area contributed by atoms with Gasteiger partial charge in [-0.05, 0) is 71.1 Å². The molecule has 1 unspecified atom stereocenters. The fraction of sp³-hybridized carbons (Fsp3) is 0.170. The highest BCUT2D eigenvalue weighted by molar-refractivity contribution is 6.09. The van der Waals surface area contributed by atoms with Crippen LogP contribution in [0.4, 0.5) is 5.69 Å². The number of ether oxygens (including phenoxy) is 1. The van der Waals surface area contributed by atoms with E-state index in [1.165, 1.54) is 23.4 Å². The van der Waals surface area contributed by atoms with Gasteiger partial charge in [0.25, 0.3) is 11.8 Å². The molecule has 0 saturated carbocycles. The fourth-order valence-corrected chi connectivity index (χ4v) is 6.97. The Bertz CT molecular complexity index is 2450. The van der Waals surface area contributed by atoms with Crippen LogP contribution in [0.2, 0.25) is 0 Å². The van der Waals surface area contributed by atoms with Gasteiger partial charge in [-0.15, -0.1) is 0 Å². The number of nitrogens with one attached hydrogen (secondary N) is 4. The molecule has 3 heterocycles. The molecule has 61 heavy (non-hydrogen) atoms. The zero-order valence-electron chi connectivity index (χ0n) is 32.9. The Balaban J connectivity index is 1.03. The Morgan fingerprint density at radius 2 is 1.44 bits per heavy atom. The maximum Gasteiger partial charge on any atom is 0.294 e. The molecular weight excluding hydrogens is 777 g/mol. The van der Waals surface area contributed by atoms with Crippen LogP contribution in [0.25, 0.3) is 11.1 Å². The van der Waals surface area contributed by atoms with Crippen LogP contribution in [-0.4, -0.2) is 60.1 Å². The summed E-state index contributed by atoms with van der Waals surface area (Å²) in [7, 11) is 0. The van der Waals surface area contributed by atoms with Gasteiger partial charge in [0.2, 0.25) is 23.6 Å². The van der Waals surface area contributed by atoms with Crippen molar-refractivity contribution in [1.29, 1.82) is 0 Å². The minimum atomic E-state index is -1.30. The van der Waals surface area contributed by atoms with Crippen LogP contribution in [0.3, 0.4) is 0 Å². The van der Waals surface area contributed by atoms with Crippen LogP contribution in [-0.2, 0) is 24.0 Å². The number of carbonyl (C=O) groups is 6. The molecule has 4 aromatic carbocycles. The molecule has 308 valence electrons. The highest BCUT2D eigenvalue weighted by Crippen LogP contribution is 2.33. The summed E-state index contributed by atoms with van der Waals surface area (Å²) < 4.78 is 11.1. The summed E-state index contributed by atoms with van der Waals surface area (Å²) in [5.41, 5.74) is 3.88. The Labute approximate surface area is 351 Å². The monoisotopic (exact) mass is 818 g/mol. The van der Waals surface area contributed by atoms with Gasteiger partial charge < -0.3 is 25.1 Å². The van der Waals surface area contributed by atoms with E-state index >= 15 is 0 Å². The molecule has 0 spiro atoms. The zero-order chi connectivity index (χ0) is 42.6. The summed E-state index contributed by atoms with van der Waals surface area (Å²) in [6.07, 6.45) is 5.11. The number of anilines is 1. The van der Waals surface area contributed by atoms with Crippen molar-refractivity contribution in [2.24, 2.45) is 0 Å². The SMILES string of the molecule is O=C(COc1ccc(C2CCC(=O)NC2=O)cc1)NCCNC(=O)[C@H](NC(=O)[C@@H](c1cccnc1)N(C(=O)c1ccco1)c1ccc(-c2ccccc2)cc1)c1ccccc1. The average molecular weight is 819 g/mol. The van der Waals surface area contributed by atoms with Crippen molar-refractivity contribution in [1.82, 2.24) is 26.3 Å². The molecule has 14 nitrogen and oxygen atoms in total. The third-order valence-corrected chi connectivity index (χ3v) is 10.0. The quantitative estimate of drug-likeness (QED) is 0.0731. The molecule has 14 heteroatoms. The number of piperidine rings is 1. The lowest BCUT2D eigenvalue weighted by molar-refractivity contribution is -0.134. The van der Waals surface area contributed by atoms with Crippen molar-refractivity contribution in [2.45, 2.75) is 30.8 Å². The molecule has 0 radical (unpaired) electrons. The lowest BCUT2D eigenvalue weighted by Gasteiger charge is -2.32. The highest BCUT2D eigenvalue weighted by Gasteiger charge is 2.37. The van der Waals surface area contributed by atoms with E-state index in [4.69, 9.17) is 9.15 Å². The van der Waals surface area contributed by atoms with E-state index in [1.807, 2.05) is 42.5 Å². The topological polar surface area (TPSA) is 189 Å². The first kappa shape index (κ1) is 41.3. The maximum atomic E-state index is 14.7. The van der Waals surface area contributed by atoms with E-state index < -0.39 is 41.6 Å². The molecule has 1 saturated heterocycles. The van der Waals surface area contributed by atoms with E-state index in [-0.39, 0.29) is 43.7 Å². The largest absolute Gasteiger partial charge is 0.484 e. The minimum absolute atomic E-state index is 0.00121. The smallest absolute Gasteiger partial charge is 0.294 e. The van der Waals surface area contributed by atoms with E-state index in [9.17, 15) is 28.8 Å². The summed E-state index contributed by atoms with van der Waals surface area (Å²) in [6, 6.07) is 36.3. The third kappa shape index (κ3) is 10.4. The second-order valence-electron chi connectivity index (χ2n) is 14.1. The summed E-state index contributed by atoms with van der Waals surface area (Å²) >= 11 is 0. The van der Waals surface area contributed by atoms with Crippen molar-refractivity contribution in [3.05, 3.63) is 175 Å². The molecule has 1 fully saturated rings. The summed E-state index contributed by atoms with van der Waals surface area (Å²) in [4.78, 5) is 84.8. The lowest BCUT2D eigenvalue weighted by atomic mass is 9.90. The Morgan fingerprint density at radius 3 is 2.11 bits per heavy atom. The second kappa shape index (κ2) is 19.7. The number of hydrogen-bond donors (Lipinski definition) is 4. The van der Waals surface area contributed by atoms with E-state index in [2.05, 4.69) is 26.3 Å². The van der Waals surface area contributed by atoms with E-state index in [0.717, 1.165) is 16.7 Å². The first-order valence-electron chi connectivity index (χ1n) is 19.6. The molecule has 0 aliphatic carbocycles. The second-order valence-corrected chi connectivity index (χ2v) is 14.1. The van der Waals surface area contributed by atoms with Crippen molar-refractivity contribution < 1.29 is 37.9 Å². The summed E-state index contributed by atoms with van der Waals surface area (Å²) in [5, 5.41) is 10.7. The number of nitrogens with zero attached hydrogens (tertiary/aromatic N) is 2. The molecule has 2 aromatic heterocycles. The number of amides is 6. The highest BCUT2D eigenvalue weighted by atomic mass is 16.5. The van der Waals surface area contributed by atoms with Gasteiger partial charge in [-0.25, -0.2) is 0 Å². The van der Waals surface area contributed by atoms with Crippen molar-refractivity contribution in [3.63, 3.8) is 0 Å². The van der Waals surface area contributed by atoms with Crippen LogP contribution in [0.15, 0.2) is 157 Å². The van der Waals surface area contributed by atoms with Crippen LogP contribution in [0.1, 0.15) is 58.1 Å². The molecule has 3 atom stereocenters. The number of pyridine rings is 1.